The van der Waals surface area contributed by atoms with Crippen molar-refractivity contribution < 1.29 is 28.4 Å². The number of halogens is 1. The number of carbonyl (C=O) groups excluding carboxylic acids is 3. The molecule has 1 atom stereocenters. The molecule has 34 heavy (non-hydrogen) atoms. The summed E-state index contributed by atoms with van der Waals surface area (Å²) in [5.41, 5.74) is 1.68. The lowest BCUT2D eigenvalue weighted by Gasteiger charge is -2.26. The van der Waals surface area contributed by atoms with Crippen LogP contribution in [0.2, 0.25) is 5.02 Å². The van der Waals surface area contributed by atoms with Crippen LogP contribution < -0.4 is 9.47 Å². The van der Waals surface area contributed by atoms with Crippen LogP contribution in [0.25, 0.3) is 0 Å². The van der Waals surface area contributed by atoms with Gasteiger partial charge in [0.2, 0.25) is 11.8 Å². The average Bonchev–Trinajstić information content (AvgIpc) is 2.86. The zero-order valence-corrected chi connectivity index (χ0v) is 19.5. The Bertz CT molecular complexity index is 1230. The number of dihydropyridines is 1. The first-order valence-electron chi connectivity index (χ1n) is 10.6. The van der Waals surface area contributed by atoms with Crippen molar-refractivity contribution in [3.05, 3.63) is 70.8 Å². The van der Waals surface area contributed by atoms with Crippen molar-refractivity contribution in [2.75, 3.05) is 27.3 Å². The first-order chi connectivity index (χ1) is 16.4. The Balaban J connectivity index is 1.58. The van der Waals surface area contributed by atoms with Gasteiger partial charge >= 0.3 is 11.9 Å². The van der Waals surface area contributed by atoms with Gasteiger partial charge in [0.15, 0.2) is 18.0 Å². The normalized spacial score (nSPS) is 17.1. The highest BCUT2D eigenvalue weighted by Crippen LogP contribution is 2.28. The monoisotopic (exact) mass is 480 g/mol. The lowest BCUT2D eigenvalue weighted by Crippen LogP contribution is -2.58. The molecular formula is C25H23ClN3O5+. The predicted octanol–water partition coefficient (Wildman–Crippen LogP) is 3.21. The number of nitrogens with zero attached hydrogens (tertiary/aromatic N) is 3. The summed E-state index contributed by atoms with van der Waals surface area (Å²) in [7, 11) is 3.09. The van der Waals surface area contributed by atoms with Gasteiger partial charge in [-0.05, 0) is 54.1 Å². The highest BCUT2D eigenvalue weighted by atomic mass is 35.5. The third-order valence-electron chi connectivity index (χ3n) is 5.68. The van der Waals surface area contributed by atoms with E-state index in [1.807, 2.05) is 6.07 Å². The van der Waals surface area contributed by atoms with Gasteiger partial charge in [-0.3, -0.25) is 9.79 Å². The molecule has 0 saturated carbocycles. The molecule has 2 aliphatic heterocycles. The summed E-state index contributed by atoms with van der Waals surface area (Å²) >= 11 is 5.91. The summed E-state index contributed by atoms with van der Waals surface area (Å²) in [6, 6.07) is 10.4. The van der Waals surface area contributed by atoms with Gasteiger partial charge in [-0.15, -0.1) is 0 Å². The summed E-state index contributed by atoms with van der Waals surface area (Å²) in [6.07, 6.45) is 5.21. The number of urea groups is 1. The molecule has 2 aromatic rings. The van der Waals surface area contributed by atoms with E-state index in [9.17, 15) is 14.4 Å². The number of fused-ring (bicyclic) bond motifs is 1. The van der Waals surface area contributed by atoms with Crippen LogP contribution in [0.4, 0.5) is 4.79 Å². The fourth-order valence-electron chi connectivity index (χ4n) is 3.88. The third-order valence-corrected chi connectivity index (χ3v) is 5.93. The first kappa shape index (κ1) is 23.4. The Hall–Kier alpha value is -3.78. The molecule has 1 unspecified atom stereocenters. The molecule has 9 heteroatoms. The number of methoxy groups -OCH3 is 2. The van der Waals surface area contributed by atoms with E-state index in [4.69, 9.17) is 21.1 Å². The second-order valence-corrected chi connectivity index (χ2v) is 8.15. The molecule has 4 rings (SSSR count). The molecule has 2 aliphatic rings. The van der Waals surface area contributed by atoms with Gasteiger partial charge in [-0.25, -0.2) is 4.79 Å². The lowest BCUT2D eigenvalue weighted by atomic mass is 10.0. The summed E-state index contributed by atoms with van der Waals surface area (Å²) < 4.78 is 11.9. The van der Waals surface area contributed by atoms with Gasteiger partial charge in [0.25, 0.3) is 0 Å². The number of ether oxygens (including phenoxy) is 2. The maximum absolute atomic E-state index is 13.4. The van der Waals surface area contributed by atoms with E-state index in [1.54, 1.807) is 62.8 Å². The zero-order valence-electron chi connectivity index (χ0n) is 18.7. The van der Waals surface area contributed by atoms with Crippen molar-refractivity contribution in [3.8, 4) is 11.5 Å². The number of hydrogen-bond donors (Lipinski definition) is 0. The van der Waals surface area contributed by atoms with Crippen molar-refractivity contribution in [1.82, 2.24) is 4.90 Å². The largest absolute Gasteiger partial charge is 0.501 e. The SMILES string of the molecule is COc1ccc(CCN2C(=O)C3N=CC=CC3=[N+](CC(=O)c3ccc(Cl)cc3)C2=O)cc1OC. The molecule has 0 N–H and O–H groups in total. The minimum absolute atomic E-state index is 0.127. The number of hydrogen-bond acceptors (Lipinski definition) is 6. The van der Waals surface area contributed by atoms with Crippen LogP contribution in [0.5, 0.6) is 11.5 Å². The Morgan fingerprint density at radius 1 is 1.09 bits per heavy atom. The Labute approximate surface area is 201 Å². The lowest BCUT2D eigenvalue weighted by molar-refractivity contribution is -0.424. The van der Waals surface area contributed by atoms with Crippen LogP contribution in [0.15, 0.2) is 59.6 Å². The molecule has 2 aromatic carbocycles. The minimum atomic E-state index is -0.869. The van der Waals surface area contributed by atoms with E-state index in [1.165, 1.54) is 10.8 Å². The fraction of sp³-hybridized carbons (Fsp3) is 0.240. The molecule has 0 radical (unpaired) electrons. The fourth-order valence-corrected chi connectivity index (χ4v) is 4.01. The van der Waals surface area contributed by atoms with Gasteiger partial charge in [0, 0.05) is 23.2 Å². The molecule has 2 heterocycles. The quantitative estimate of drug-likeness (QED) is 0.427. The highest BCUT2D eigenvalue weighted by molar-refractivity contribution is 6.30. The number of Topliss-reactive ketones (excluding diaryl/α,β-unsaturated/α-hetero) is 1. The predicted molar refractivity (Wildman–Crippen MR) is 128 cm³/mol. The number of allylic oxidation sites excluding steroid dienone is 1. The van der Waals surface area contributed by atoms with Crippen molar-refractivity contribution >= 4 is 41.2 Å². The van der Waals surface area contributed by atoms with Crippen LogP contribution >= 0.6 is 11.6 Å². The van der Waals surface area contributed by atoms with Crippen LogP contribution in [0.3, 0.4) is 0 Å². The smallest absolute Gasteiger partial charge is 0.493 e. The van der Waals surface area contributed by atoms with E-state index < -0.39 is 18.0 Å². The number of rotatable bonds is 8. The van der Waals surface area contributed by atoms with Crippen molar-refractivity contribution in [1.29, 1.82) is 0 Å². The zero-order chi connectivity index (χ0) is 24.2. The topological polar surface area (TPSA) is 88.3 Å². The molecule has 3 amide bonds. The second kappa shape index (κ2) is 10.0. The maximum Gasteiger partial charge on any atom is 0.501 e. The number of benzene rings is 2. The van der Waals surface area contributed by atoms with Crippen LogP contribution in [-0.4, -0.2) is 72.5 Å². The molecule has 0 aliphatic carbocycles. The van der Waals surface area contributed by atoms with Crippen molar-refractivity contribution in [2.45, 2.75) is 12.5 Å². The summed E-state index contributed by atoms with van der Waals surface area (Å²) in [6.45, 7) is -0.0892. The minimum Gasteiger partial charge on any atom is -0.493 e. The molecule has 0 saturated heterocycles. The molecular weight excluding hydrogens is 458 g/mol. The molecule has 0 fully saturated rings. The van der Waals surface area contributed by atoms with E-state index in [0.717, 1.165) is 10.5 Å². The molecule has 8 nitrogen and oxygen atoms in total. The van der Waals surface area contributed by atoms with Gasteiger partial charge in [0.05, 0.1) is 14.2 Å². The number of carbonyl (C=O) groups is 3. The molecule has 0 spiro atoms. The van der Waals surface area contributed by atoms with Gasteiger partial charge in [0.1, 0.15) is 12.3 Å². The number of aliphatic imine (C=N–C) groups is 1. The van der Waals surface area contributed by atoms with E-state index in [0.29, 0.717) is 34.2 Å². The van der Waals surface area contributed by atoms with Crippen molar-refractivity contribution in [3.63, 3.8) is 0 Å². The molecule has 0 bridgehead atoms. The van der Waals surface area contributed by atoms with Crippen LogP contribution in [0.1, 0.15) is 15.9 Å². The van der Waals surface area contributed by atoms with Gasteiger partial charge < -0.3 is 9.47 Å². The van der Waals surface area contributed by atoms with E-state index >= 15 is 0 Å². The van der Waals surface area contributed by atoms with Crippen molar-refractivity contribution in [2.24, 2.45) is 4.99 Å². The third kappa shape index (κ3) is 4.63. The van der Waals surface area contributed by atoms with Crippen LogP contribution in [0, 0.1) is 0 Å². The highest BCUT2D eigenvalue weighted by Gasteiger charge is 2.48. The average molecular weight is 481 g/mol. The standard InChI is InChI=1S/C25H23ClN3O5/c1-33-21-10-5-16(14-22(21)34-2)11-13-28-24(31)23-19(4-3-12-27-23)29(25(28)32)15-20(30)17-6-8-18(26)9-7-17/h3-10,12,14,23H,11,13,15H2,1-2H3/q+1. The Kier molecular flexibility index (Phi) is 6.88. The second-order valence-electron chi connectivity index (χ2n) is 7.71. The van der Waals surface area contributed by atoms with Gasteiger partial charge in [-0.2, -0.15) is 14.3 Å². The Morgan fingerprint density at radius 2 is 1.82 bits per heavy atom. The van der Waals surface area contributed by atoms with E-state index in [2.05, 4.69) is 4.99 Å². The van der Waals surface area contributed by atoms with Crippen LogP contribution in [-0.2, 0) is 11.2 Å². The van der Waals surface area contributed by atoms with E-state index in [-0.39, 0.29) is 18.9 Å². The molecule has 0 aromatic heterocycles. The number of imide groups is 1. The Morgan fingerprint density at radius 3 is 2.53 bits per heavy atom. The first-order valence-corrected chi connectivity index (χ1v) is 11.0. The maximum atomic E-state index is 13.4. The summed E-state index contributed by atoms with van der Waals surface area (Å²) in [4.78, 5) is 44.8. The number of amides is 3. The van der Waals surface area contributed by atoms with Gasteiger partial charge in [-0.1, -0.05) is 17.7 Å². The summed E-state index contributed by atoms with van der Waals surface area (Å²) in [5.74, 6) is 0.458. The number of ketones is 1. The molecule has 174 valence electrons. The summed E-state index contributed by atoms with van der Waals surface area (Å²) in [5, 5.41) is 0.511.